The van der Waals surface area contributed by atoms with Gasteiger partial charge in [0.25, 0.3) is 5.91 Å². The Labute approximate surface area is 130 Å². The number of aliphatic carboxylic acids is 1. The molecule has 7 nitrogen and oxygen atoms in total. The molecule has 0 aliphatic carbocycles. The molecular weight excluding hydrogens is 306 g/mol. The molecule has 0 aromatic carbocycles. The van der Waals surface area contributed by atoms with E-state index in [1.165, 1.54) is 17.8 Å². The Morgan fingerprint density at radius 2 is 2.32 bits per heavy atom. The van der Waals surface area contributed by atoms with Gasteiger partial charge in [0.05, 0.1) is 0 Å². The molecule has 1 aliphatic rings. The smallest absolute Gasteiger partial charge is 0.330 e. The number of pyridine rings is 1. The fourth-order valence-corrected chi connectivity index (χ4v) is 3.52. The molecule has 8 heteroatoms. The number of hydrogen-bond donors (Lipinski definition) is 2. The first-order valence-corrected chi connectivity index (χ1v) is 7.77. The van der Waals surface area contributed by atoms with Gasteiger partial charge in [0, 0.05) is 29.8 Å². The molecule has 1 atom stereocenters. The lowest BCUT2D eigenvalue weighted by Crippen LogP contribution is -2.54. The second-order valence-corrected chi connectivity index (χ2v) is 6.07. The summed E-state index contributed by atoms with van der Waals surface area (Å²) in [5.74, 6) is -0.123. The van der Waals surface area contributed by atoms with Crippen molar-refractivity contribution in [2.75, 3.05) is 11.5 Å². The summed E-state index contributed by atoms with van der Waals surface area (Å²) >= 11 is 1.50. The number of nitrogens with one attached hydrogen (secondary N) is 1. The number of hydrogen-bond acceptors (Lipinski definition) is 6. The third-order valence-electron chi connectivity index (χ3n) is 3.47. The van der Waals surface area contributed by atoms with Crippen molar-refractivity contribution in [1.29, 1.82) is 0 Å². The molecule has 0 spiro atoms. The molecule has 1 amide bonds. The summed E-state index contributed by atoms with van der Waals surface area (Å²) in [5, 5.41) is 15.6. The van der Waals surface area contributed by atoms with Gasteiger partial charge in [0.2, 0.25) is 0 Å². The number of aromatic nitrogens is 2. The molecule has 3 rings (SSSR count). The van der Waals surface area contributed by atoms with E-state index in [-0.39, 0.29) is 5.69 Å². The van der Waals surface area contributed by atoms with E-state index >= 15 is 0 Å². The zero-order valence-corrected chi connectivity index (χ0v) is 12.3. The molecular formula is C14H13N3O4S. The van der Waals surface area contributed by atoms with E-state index in [2.05, 4.69) is 15.5 Å². The predicted molar refractivity (Wildman–Crippen MR) is 79.5 cm³/mol. The van der Waals surface area contributed by atoms with E-state index < -0.39 is 17.4 Å². The summed E-state index contributed by atoms with van der Waals surface area (Å²) in [4.78, 5) is 27.6. The van der Waals surface area contributed by atoms with Crippen LogP contribution in [0.3, 0.4) is 0 Å². The van der Waals surface area contributed by atoms with E-state index in [1.54, 1.807) is 24.5 Å². The topological polar surface area (TPSA) is 105 Å². The molecule has 0 radical (unpaired) electrons. The van der Waals surface area contributed by atoms with E-state index in [4.69, 9.17) is 4.52 Å². The van der Waals surface area contributed by atoms with Crippen molar-refractivity contribution in [3.8, 4) is 11.3 Å². The highest BCUT2D eigenvalue weighted by atomic mass is 32.2. The van der Waals surface area contributed by atoms with Crippen LogP contribution in [-0.2, 0) is 4.79 Å². The van der Waals surface area contributed by atoms with Crippen LogP contribution in [-0.4, -0.2) is 44.2 Å². The van der Waals surface area contributed by atoms with Gasteiger partial charge in [-0.2, -0.15) is 11.8 Å². The molecule has 3 heterocycles. The molecule has 1 unspecified atom stereocenters. The molecule has 2 aromatic rings. The van der Waals surface area contributed by atoms with Gasteiger partial charge in [-0.05, 0) is 24.3 Å². The molecule has 0 bridgehead atoms. The van der Waals surface area contributed by atoms with Gasteiger partial charge in [-0.3, -0.25) is 9.78 Å². The number of nitrogens with zero attached hydrogens (tertiary/aromatic N) is 2. The van der Waals surface area contributed by atoms with E-state index in [9.17, 15) is 14.7 Å². The van der Waals surface area contributed by atoms with Gasteiger partial charge in [0.1, 0.15) is 5.54 Å². The quantitative estimate of drug-likeness (QED) is 0.878. The zero-order valence-electron chi connectivity index (χ0n) is 11.5. The van der Waals surface area contributed by atoms with Crippen LogP contribution >= 0.6 is 11.8 Å². The van der Waals surface area contributed by atoms with Gasteiger partial charge < -0.3 is 14.9 Å². The lowest BCUT2D eigenvalue weighted by Gasteiger charge is -2.23. The van der Waals surface area contributed by atoms with Crippen molar-refractivity contribution < 1.29 is 19.2 Å². The van der Waals surface area contributed by atoms with Crippen LogP contribution in [0.5, 0.6) is 0 Å². The first kappa shape index (κ1) is 14.6. The van der Waals surface area contributed by atoms with Crippen LogP contribution in [0.1, 0.15) is 16.9 Å². The molecule has 2 N–H and O–H groups in total. The summed E-state index contributed by atoms with van der Waals surface area (Å²) < 4.78 is 5.13. The summed E-state index contributed by atoms with van der Waals surface area (Å²) in [5.41, 5.74) is -0.482. The van der Waals surface area contributed by atoms with Crippen molar-refractivity contribution in [3.05, 3.63) is 36.3 Å². The summed E-state index contributed by atoms with van der Waals surface area (Å²) in [7, 11) is 0. The van der Waals surface area contributed by atoms with Crippen molar-refractivity contribution in [2.24, 2.45) is 0 Å². The number of carboxylic acid groups (broad SMARTS) is 1. The molecule has 1 fully saturated rings. The molecule has 0 saturated carbocycles. The fraction of sp³-hybridized carbons (Fsp3) is 0.286. The summed E-state index contributed by atoms with van der Waals surface area (Å²) in [6, 6.07) is 5.00. The maximum absolute atomic E-state index is 12.2. The SMILES string of the molecule is O=C(NC1(C(=O)O)CCSC1)c1cc(-c2cccnc2)on1. The highest BCUT2D eigenvalue weighted by molar-refractivity contribution is 7.99. The molecule has 1 saturated heterocycles. The molecule has 22 heavy (non-hydrogen) atoms. The third-order valence-corrected chi connectivity index (χ3v) is 4.66. The zero-order chi connectivity index (χ0) is 15.6. The summed E-state index contributed by atoms with van der Waals surface area (Å²) in [6.07, 6.45) is 3.61. The maximum Gasteiger partial charge on any atom is 0.330 e. The Kier molecular flexibility index (Phi) is 3.84. The van der Waals surface area contributed by atoms with Crippen molar-refractivity contribution in [1.82, 2.24) is 15.5 Å². The monoisotopic (exact) mass is 319 g/mol. The third kappa shape index (κ3) is 2.69. The Morgan fingerprint density at radius 1 is 1.45 bits per heavy atom. The largest absolute Gasteiger partial charge is 0.479 e. The maximum atomic E-state index is 12.2. The first-order valence-electron chi connectivity index (χ1n) is 6.61. The minimum Gasteiger partial charge on any atom is -0.479 e. The Morgan fingerprint density at radius 3 is 2.95 bits per heavy atom. The van der Waals surface area contributed by atoms with Crippen LogP contribution in [0.15, 0.2) is 35.1 Å². The second-order valence-electron chi connectivity index (χ2n) is 4.96. The predicted octanol–water partition coefficient (Wildman–Crippen LogP) is 1.43. The number of amides is 1. The van der Waals surface area contributed by atoms with Crippen molar-refractivity contribution in [3.63, 3.8) is 0 Å². The average molecular weight is 319 g/mol. The van der Waals surface area contributed by atoms with E-state index in [1.807, 2.05) is 0 Å². The van der Waals surface area contributed by atoms with Gasteiger partial charge >= 0.3 is 5.97 Å². The minimum absolute atomic E-state index is 0.0522. The first-order chi connectivity index (χ1) is 10.6. The van der Waals surface area contributed by atoms with Crippen LogP contribution in [0.4, 0.5) is 0 Å². The van der Waals surface area contributed by atoms with E-state index in [0.29, 0.717) is 29.3 Å². The molecule has 2 aromatic heterocycles. The van der Waals surface area contributed by atoms with Crippen LogP contribution in [0, 0.1) is 0 Å². The highest BCUT2D eigenvalue weighted by Gasteiger charge is 2.43. The Hall–Kier alpha value is -2.35. The van der Waals surface area contributed by atoms with Crippen molar-refractivity contribution >= 4 is 23.6 Å². The lowest BCUT2D eigenvalue weighted by molar-refractivity contribution is -0.143. The second kappa shape index (κ2) is 5.80. The standard InChI is InChI=1S/C14H13N3O4S/c18-12(16-14(13(19)20)3-5-22-8-14)10-6-11(21-17-10)9-2-1-4-15-7-9/h1-2,4,6-7H,3,5,8H2,(H,16,18)(H,19,20). The van der Waals surface area contributed by atoms with Gasteiger partial charge in [-0.15, -0.1) is 0 Å². The van der Waals surface area contributed by atoms with Crippen molar-refractivity contribution in [2.45, 2.75) is 12.0 Å². The number of carboxylic acids is 1. The van der Waals surface area contributed by atoms with E-state index in [0.717, 1.165) is 0 Å². The molecule has 1 aliphatic heterocycles. The number of carbonyl (C=O) groups is 2. The van der Waals surface area contributed by atoms with Gasteiger partial charge in [0.15, 0.2) is 11.5 Å². The Bertz CT molecular complexity index is 695. The minimum atomic E-state index is -1.23. The number of thioether (sulfide) groups is 1. The van der Waals surface area contributed by atoms with Crippen LogP contribution in [0.2, 0.25) is 0 Å². The number of rotatable bonds is 4. The normalized spacial score (nSPS) is 20.7. The Balaban J connectivity index is 1.79. The van der Waals surface area contributed by atoms with Gasteiger partial charge in [-0.1, -0.05) is 5.16 Å². The molecule has 114 valence electrons. The number of carbonyl (C=O) groups excluding carboxylic acids is 1. The average Bonchev–Trinajstić information content (AvgIpc) is 3.18. The highest BCUT2D eigenvalue weighted by Crippen LogP contribution is 2.29. The fourth-order valence-electron chi connectivity index (χ4n) is 2.19. The lowest BCUT2D eigenvalue weighted by atomic mass is 9.99. The summed E-state index contributed by atoms with van der Waals surface area (Å²) in [6.45, 7) is 0. The van der Waals surface area contributed by atoms with Crippen LogP contribution in [0.25, 0.3) is 11.3 Å². The van der Waals surface area contributed by atoms with Crippen LogP contribution < -0.4 is 5.32 Å². The van der Waals surface area contributed by atoms with Gasteiger partial charge in [-0.25, -0.2) is 4.79 Å².